The highest BCUT2D eigenvalue weighted by Gasteiger charge is 2.24. The number of hydrogen-bond donors (Lipinski definition) is 0. The normalized spacial score (nSPS) is 11.4. The van der Waals surface area contributed by atoms with Gasteiger partial charge in [0.05, 0.1) is 66.6 Å². The summed E-state index contributed by atoms with van der Waals surface area (Å²) in [5.41, 5.74) is 35.0. The summed E-state index contributed by atoms with van der Waals surface area (Å²) in [4.78, 5) is 24.7. The molecule has 0 fully saturated rings. The van der Waals surface area contributed by atoms with Gasteiger partial charge >= 0.3 is 0 Å². The number of para-hydroxylation sites is 7. The molecule has 29 rings (SSSR count). The Labute approximate surface area is 870 Å². The lowest BCUT2D eigenvalue weighted by Gasteiger charge is -2.10. The Balaban J connectivity index is 0.0000000985. The summed E-state index contributed by atoms with van der Waals surface area (Å²) < 4.78 is 11.8. The number of aromatic nitrogens is 10. The van der Waals surface area contributed by atoms with Crippen LogP contribution in [0.4, 0.5) is 0 Å². The van der Waals surface area contributed by atoms with Crippen LogP contribution < -0.4 is 0 Å². The molecule has 0 N–H and O–H groups in total. The van der Waals surface area contributed by atoms with Gasteiger partial charge in [-0.1, -0.05) is 380 Å². The van der Waals surface area contributed by atoms with Crippen molar-refractivity contribution in [1.29, 1.82) is 0 Å². The van der Waals surface area contributed by atoms with E-state index in [1.54, 1.807) is 0 Å². The Morgan fingerprint density at radius 3 is 0.920 bits per heavy atom. The fourth-order valence-electron chi connectivity index (χ4n) is 21.7. The minimum absolute atomic E-state index is 0.660. The van der Waals surface area contributed by atoms with Gasteiger partial charge in [0, 0.05) is 121 Å². The van der Waals surface area contributed by atoms with E-state index >= 15 is 0 Å². The van der Waals surface area contributed by atoms with Gasteiger partial charge in [-0.15, -0.1) is 0 Å². The lowest BCUT2D eigenvalue weighted by Crippen LogP contribution is -2.00. The van der Waals surface area contributed by atoms with Gasteiger partial charge in [0.15, 0.2) is 23.3 Å². The molecular weight excluding hydrogens is 1820 g/mol. The zero-order valence-corrected chi connectivity index (χ0v) is 83.7. The molecule has 0 amide bonds. The molecule has 0 atom stereocenters. The molecule has 10 heteroatoms. The predicted octanol–water partition coefficient (Wildman–Crippen LogP) is 36.4. The Kier molecular flexibility index (Phi) is 24.4. The first-order valence-electron chi connectivity index (χ1n) is 51.2. The summed E-state index contributed by atoms with van der Waals surface area (Å²) in [7, 11) is 0. The molecule has 0 spiro atoms. The van der Waals surface area contributed by atoms with E-state index in [0.717, 1.165) is 67.5 Å². The number of nitrogens with zero attached hydrogens (tertiary/aromatic N) is 10. The minimum Gasteiger partial charge on any atom is -0.309 e. The number of hydrogen-bond acceptors (Lipinski definition) is 5. The molecule has 0 aliphatic carbocycles. The first-order chi connectivity index (χ1) is 74.0. The van der Waals surface area contributed by atoms with Crippen LogP contribution in [-0.2, 0) is 0 Å². The first-order valence-corrected chi connectivity index (χ1v) is 51.2. The molecular formula is C140H102N10. The number of rotatable bonds is 12. The summed E-state index contributed by atoms with van der Waals surface area (Å²) in [5.74, 6) is 2.71. The summed E-state index contributed by atoms with van der Waals surface area (Å²) in [6.45, 7) is 10.8. The highest BCUT2D eigenvalue weighted by atomic mass is 15.0. The van der Waals surface area contributed by atoms with Gasteiger partial charge < -0.3 is 22.8 Å². The van der Waals surface area contributed by atoms with Crippen molar-refractivity contribution in [2.24, 2.45) is 0 Å². The Morgan fingerprint density at radius 2 is 0.440 bits per heavy atom. The third kappa shape index (κ3) is 17.5. The monoisotopic (exact) mass is 1920 g/mol. The summed E-state index contributed by atoms with van der Waals surface area (Å²) in [5, 5.41) is 18.0. The fourth-order valence-corrected chi connectivity index (χ4v) is 21.7. The van der Waals surface area contributed by atoms with E-state index in [-0.39, 0.29) is 0 Å². The summed E-state index contributed by atoms with van der Waals surface area (Å²) in [6, 6.07) is 186. The van der Waals surface area contributed by atoms with Crippen LogP contribution in [0.3, 0.4) is 0 Å². The molecule has 29 aromatic rings. The van der Waals surface area contributed by atoms with E-state index in [4.69, 9.17) is 24.9 Å². The van der Waals surface area contributed by atoms with Crippen molar-refractivity contribution in [3.63, 3.8) is 0 Å². The second kappa shape index (κ2) is 39.9. The molecule has 0 saturated carbocycles. The quantitative estimate of drug-likeness (QED) is 0.122. The minimum atomic E-state index is 0.660. The number of aryl methyl sites for hydroxylation is 5. The Hall–Kier alpha value is -19.6. The average molecular weight is 1920 g/mol. The molecule has 0 radical (unpaired) electrons. The maximum absolute atomic E-state index is 5.05. The van der Waals surface area contributed by atoms with Gasteiger partial charge in [0.2, 0.25) is 0 Å². The molecule has 0 aliphatic rings. The van der Waals surface area contributed by atoms with Crippen LogP contribution in [0, 0.1) is 34.6 Å². The molecule has 7 aromatic heterocycles. The van der Waals surface area contributed by atoms with Crippen LogP contribution >= 0.6 is 0 Å². The van der Waals surface area contributed by atoms with Crippen LogP contribution in [0.1, 0.15) is 27.8 Å². The van der Waals surface area contributed by atoms with Gasteiger partial charge in [-0.25, -0.2) is 24.9 Å². The van der Waals surface area contributed by atoms with Crippen LogP contribution in [0.2, 0.25) is 0 Å². The molecule has 0 unspecified atom stereocenters. The third-order valence-electron chi connectivity index (χ3n) is 28.7. The van der Waals surface area contributed by atoms with Crippen molar-refractivity contribution in [2.75, 3.05) is 0 Å². The highest BCUT2D eigenvalue weighted by Crippen LogP contribution is 2.45. The van der Waals surface area contributed by atoms with Gasteiger partial charge in [-0.2, -0.15) is 0 Å². The third-order valence-corrected chi connectivity index (χ3v) is 28.7. The average Bonchev–Trinajstić information content (AvgIpc) is 1.61. The molecule has 22 aromatic carbocycles. The zero-order chi connectivity index (χ0) is 101. The standard InChI is InChI=1S/C35H25N3.C34H24N4.C25H19N.2C23H17N/c1-24-17-19-33-29(21-24)30-22-27(18-20-34(30)38(33)28-15-9-4-10-16-28)32-23-31(25-11-5-2-6-12-25)36-35(37-32)26-13-7-3-8-14-26;1-23-17-19-30-28(21-23)29-22-26(18-20-31(29)38(30)27-15-9-4-10-16-27)34-36-32(24-11-5-2-6-12-24)35-33(37-34)25-13-7-3-8-14-25;1-18-8-7-9-19(16-18)20-14-15-25-23(17-20)22-12-5-6-13-24(22)26(25)21-10-3-2-4-11-21;1-16-15-21-19-12-7-8-14-22(19)24(17-9-3-2-4-10-17)23(21)20-13-6-5-11-18(16)20;1-16-11-13-21-20(15-16)23-19-10-6-5-7-17(19)12-14-22(23)24(21)18-8-3-2-4-9-18/h2-23H,1H3;2-22H,1H3;2-17H,1H3;2*2-15H,1H3. The van der Waals surface area contributed by atoms with Crippen LogP contribution in [0.5, 0.6) is 0 Å². The van der Waals surface area contributed by atoms with E-state index in [1.165, 1.54) is 181 Å². The van der Waals surface area contributed by atoms with Crippen molar-refractivity contribution in [3.8, 4) is 108 Å². The summed E-state index contributed by atoms with van der Waals surface area (Å²) in [6.07, 6.45) is 0. The molecule has 10 nitrogen and oxygen atoms in total. The molecule has 0 saturated heterocycles. The Morgan fingerprint density at radius 1 is 0.147 bits per heavy atom. The lowest BCUT2D eigenvalue weighted by molar-refractivity contribution is 1.07. The van der Waals surface area contributed by atoms with E-state index in [0.29, 0.717) is 17.5 Å². The topological polar surface area (TPSA) is 89.1 Å². The first kappa shape index (κ1) is 91.6. The second-order valence-electron chi connectivity index (χ2n) is 38.6. The molecule has 712 valence electrons. The number of benzene rings is 22. The van der Waals surface area contributed by atoms with Crippen LogP contribution in [0.25, 0.3) is 238 Å². The van der Waals surface area contributed by atoms with Gasteiger partial charge in [-0.3, -0.25) is 0 Å². The molecule has 7 heterocycles. The second-order valence-corrected chi connectivity index (χ2v) is 38.6. The van der Waals surface area contributed by atoms with Crippen LogP contribution in [0.15, 0.2) is 528 Å². The highest BCUT2D eigenvalue weighted by molar-refractivity contribution is 6.23. The molecule has 0 bridgehead atoms. The van der Waals surface area contributed by atoms with Crippen molar-refractivity contribution in [1.82, 2.24) is 47.8 Å². The maximum Gasteiger partial charge on any atom is 0.164 e. The van der Waals surface area contributed by atoms with E-state index in [2.05, 4.69) is 488 Å². The van der Waals surface area contributed by atoms with Crippen molar-refractivity contribution < 1.29 is 0 Å². The molecule has 150 heavy (non-hydrogen) atoms. The van der Waals surface area contributed by atoms with Crippen LogP contribution in [-0.4, -0.2) is 47.8 Å². The van der Waals surface area contributed by atoms with E-state index in [9.17, 15) is 0 Å². The molecule has 0 aliphatic heterocycles. The van der Waals surface area contributed by atoms with E-state index < -0.39 is 0 Å². The fraction of sp³-hybridized carbons (Fsp3) is 0.0357. The van der Waals surface area contributed by atoms with Gasteiger partial charge in [0.1, 0.15) is 0 Å². The lowest BCUT2D eigenvalue weighted by atomic mass is 10.0. The van der Waals surface area contributed by atoms with Gasteiger partial charge in [-0.05, 0) is 237 Å². The van der Waals surface area contributed by atoms with Crippen molar-refractivity contribution in [3.05, 3.63) is 556 Å². The van der Waals surface area contributed by atoms with Crippen molar-refractivity contribution >= 4 is 131 Å². The van der Waals surface area contributed by atoms with Gasteiger partial charge in [0.25, 0.3) is 0 Å². The zero-order valence-electron chi connectivity index (χ0n) is 83.7. The SMILES string of the molecule is Cc1cc2c3ccccc3n(-c3ccccc3)c2c2ccccc12.Cc1ccc2c(c1)c1c3ccccc3ccc1n2-c1ccccc1.Cc1ccc2c(c1)c1cc(-c3cc(-c4ccccc4)nc(-c4ccccc4)n3)ccc1n2-c1ccccc1.Cc1ccc2c(c1)c1cc(-c3nc(-c4ccccc4)nc(-c4ccccc4)n3)ccc1n2-c1ccccc1.Cc1cccc(-c2ccc3c(c2)c2ccccc2n3-c2ccccc2)c1. The smallest absolute Gasteiger partial charge is 0.164 e. The summed E-state index contributed by atoms with van der Waals surface area (Å²) >= 11 is 0. The Bertz CT molecular complexity index is 9700. The predicted molar refractivity (Wildman–Crippen MR) is 630 cm³/mol. The van der Waals surface area contributed by atoms with Crippen molar-refractivity contribution in [2.45, 2.75) is 34.6 Å². The maximum atomic E-state index is 5.05. The van der Waals surface area contributed by atoms with E-state index in [1.807, 2.05) is 97.1 Å². The largest absolute Gasteiger partial charge is 0.309 e. The number of fused-ring (bicyclic) bond motifs is 19.